The first-order valence-corrected chi connectivity index (χ1v) is 15.1. The highest BCUT2D eigenvalue weighted by Crippen LogP contribution is 2.78. The van der Waals surface area contributed by atoms with Crippen molar-refractivity contribution in [2.75, 3.05) is 13.2 Å². The fourth-order valence-electron chi connectivity index (χ4n) is 10.4. The fourth-order valence-corrected chi connectivity index (χ4v) is 10.4. The Kier molecular flexibility index (Phi) is 5.28. The molecule has 198 valence electrons. The summed E-state index contributed by atoms with van der Waals surface area (Å²) in [5, 5.41) is 0. The molecule has 4 heterocycles. The maximum atomic E-state index is 6.26. The fraction of sp³-hybridized carbons (Fsp3) is 0.939. The Morgan fingerprint density at radius 3 is 1.51 bits per heavy atom. The molecular formula is C33H54O2. The zero-order chi connectivity index (χ0) is 25.1. The molecule has 0 aromatic carbocycles. The lowest BCUT2D eigenvalue weighted by Crippen LogP contribution is -2.55. The number of allylic oxidation sites excluding steroid dienone is 2. The molecule has 0 radical (unpaired) electrons. The van der Waals surface area contributed by atoms with E-state index in [1.54, 1.807) is 5.57 Å². The topological polar surface area (TPSA) is 18.5 Å². The molecule has 35 heavy (non-hydrogen) atoms. The molecule has 0 spiro atoms. The Morgan fingerprint density at radius 1 is 0.686 bits per heavy atom. The average molecular weight is 483 g/mol. The third-order valence-corrected chi connectivity index (χ3v) is 14.3. The van der Waals surface area contributed by atoms with Gasteiger partial charge in [-0.05, 0) is 136 Å². The maximum absolute atomic E-state index is 6.26. The number of rotatable bonds is 2. The van der Waals surface area contributed by atoms with E-state index >= 15 is 0 Å². The Hall–Kier alpha value is -0.340. The van der Waals surface area contributed by atoms with Gasteiger partial charge in [0.05, 0.1) is 24.4 Å². The highest BCUT2D eigenvalue weighted by molar-refractivity contribution is 5.22. The van der Waals surface area contributed by atoms with Crippen molar-refractivity contribution in [1.82, 2.24) is 0 Å². The van der Waals surface area contributed by atoms with Crippen molar-refractivity contribution in [3.63, 3.8) is 0 Å². The van der Waals surface area contributed by atoms with Crippen molar-refractivity contribution in [2.45, 2.75) is 137 Å². The highest BCUT2D eigenvalue weighted by Gasteiger charge is 2.71. The third kappa shape index (κ3) is 3.47. The molecule has 4 bridgehead atoms. The predicted octanol–water partition coefficient (Wildman–Crippen LogP) is 8.74. The molecule has 4 aliphatic heterocycles. The quantitative estimate of drug-likeness (QED) is 0.366. The van der Waals surface area contributed by atoms with Gasteiger partial charge in [0.1, 0.15) is 0 Å². The molecule has 0 aromatic heterocycles. The van der Waals surface area contributed by atoms with Crippen molar-refractivity contribution >= 4 is 0 Å². The van der Waals surface area contributed by atoms with E-state index in [1.807, 2.05) is 0 Å². The summed E-state index contributed by atoms with van der Waals surface area (Å²) < 4.78 is 12.4. The molecule has 4 saturated heterocycles. The van der Waals surface area contributed by atoms with Gasteiger partial charge in [-0.3, -0.25) is 0 Å². The zero-order valence-corrected chi connectivity index (χ0v) is 24.3. The van der Waals surface area contributed by atoms with Crippen LogP contribution in [0.25, 0.3) is 0 Å². The molecule has 5 aliphatic carbocycles. The maximum Gasteiger partial charge on any atom is 0.0655 e. The molecule has 0 aromatic rings. The van der Waals surface area contributed by atoms with Gasteiger partial charge < -0.3 is 9.47 Å². The van der Waals surface area contributed by atoms with E-state index in [0.717, 1.165) is 31.0 Å². The monoisotopic (exact) mass is 482 g/mol. The van der Waals surface area contributed by atoms with E-state index in [0.29, 0.717) is 27.1 Å². The van der Waals surface area contributed by atoms with Gasteiger partial charge in [0.2, 0.25) is 0 Å². The number of fused-ring (bicyclic) bond motifs is 7. The first-order chi connectivity index (χ1) is 16.2. The van der Waals surface area contributed by atoms with E-state index in [1.165, 1.54) is 70.6 Å². The van der Waals surface area contributed by atoms with Crippen LogP contribution in [0.15, 0.2) is 11.6 Å². The number of ether oxygens (including phenoxy) is 2. The van der Waals surface area contributed by atoms with Crippen LogP contribution in [-0.2, 0) is 9.47 Å². The van der Waals surface area contributed by atoms with Gasteiger partial charge in [0.25, 0.3) is 0 Å². The summed E-state index contributed by atoms with van der Waals surface area (Å²) in [5.41, 5.74) is 4.64. The molecule has 0 amide bonds. The summed E-state index contributed by atoms with van der Waals surface area (Å²) in [6.07, 6.45) is 17.5. The van der Waals surface area contributed by atoms with Crippen LogP contribution >= 0.6 is 0 Å². The molecule has 4 unspecified atom stereocenters. The zero-order valence-electron chi connectivity index (χ0n) is 24.3. The van der Waals surface area contributed by atoms with Crippen LogP contribution in [0.1, 0.15) is 126 Å². The van der Waals surface area contributed by atoms with Gasteiger partial charge >= 0.3 is 0 Å². The van der Waals surface area contributed by atoms with Crippen LogP contribution in [0.4, 0.5) is 0 Å². The summed E-state index contributed by atoms with van der Waals surface area (Å²) in [6.45, 7) is 21.6. The van der Waals surface area contributed by atoms with Crippen molar-refractivity contribution in [2.24, 2.45) is 44.8 Å². The highest BCUT2D eigenvalue weighted by atomic mass is 16.5. The lowest BCUT2D eigenvalue weighted by atomic mass is 9.53. The smallest absolute Gasteiger partial charge is 0.0655 e. The normalized spacial score (nSPS) is 54.6. The van der Waals surface area contributed by atoms with Gasteiger partial charge in [-0.1, -0.05) is 46.3 Å². The van der Waals surface area contributed by atoms with Crippen molar-refractivity contribution in [3.8, 4) is 0 Å². The lowest BCUT2D eigenvalue weighted by Gasteiger charge is -2.58. The molecular weight excluding hydrogens is 428 g/mol. The van der Waals surface area contributed by atoms with E-state index in [4.69, 9.17) is 9.47 Å². The summed E-state index contributed by atoms with van der Waals surface area (Å²) in [5.74, 6) is 2.75. The van der Waals surface area contributed by atoms with Gasteiger partial charge in [0.15, 0.2) is 0 Å². The average Bonchev–Trinajstić information content (AvgIpc) is 3.35. The largest absolute Gasteiger partial charge is 0.375 e. The van der Waals surface area contributed by atoms with Gasteiger partial charge in [-0.25, -0.2) is 0 Å². The van der Waals surface area contributed by atoms with E-state index in [-0.39, 0.29) is 11.2 Å². The standard InChI is InChI=1S/C17H28O.C16H26O/c1-14(2)13(9-12-10-16(12,14)4)17-7-5-15(3,6-8-17)18-11-17;1-12-5-6-13(14(12,2)3)16-9-7-15(4,8-10-16)17-11-16/h12-13H,5-11H2,1-4H3;5,13H,6-11H2,1-4H3. The molecule has 0 N–H and O–H groups in total. The summed E-state index contributed by atoms with van der Waals surface area (Å²) >= 11 is 0. The molecule has 4 atom stereocenters. The minimum Gasteiger partial charge on any atom is -0.375 e. The number of hydrogen-bond donors (Lipinski definition) is 0. The van der Waals surface area contributed by atoms with Crippen molar-refractivity contribution in [1.29, 1.82) is 0 Å². The second-order valence-corrected chi connectivity index (χ2v) is 16.4. The second kappa shape index (κ2) is 7.40. The van der Waals surface area contributed by atoms with Crippen LogP contribution in [0.2, 0.25) is 0 Å². The Morgan fingerprint density at radius 2 is 1.17 bits per heavy atom. The molecule has 9 aliphatic rings. The molecule has 2 heteroatoms. The molecule has 2 nitrogen and oxygen atoms in total. The van der Waals surface area contributed by atoms with Crippen LogP contribution < -0.4 is 0 Å². The number of hydrogen-bond acceptors (Lipinski definition) is 2. The first kappa shape index (κ1) is 25.0. The van der Waals surface area contributed by atoms with E-state index < -0.39 is 0 Å². The lowest BCUT2D eigenvalue weighted by molar-refractivity contribution is -0.205. The summed E-state index contributed by atoms with van der Waals surface area (Å²) in [6, 6.07) is 0. The predicted molar refractivity (Wildman–Crippen MR) is 144 cm³/mol. The molecule has 4 saturated carbocycles. The van der Waals surface area contributed by atoms with E-state index in [9.17, 15) is 0 Å². The Labute approximate surface area is 216 Å². The Bertz CT molecular complexity index is 859. The Balaban J connectivity index is 0.000000131. The second-order valence-electron chi connectivity index (χ2n) is 16.4. The molecule has 9 rings (SSSR count). The van der Waals surface area contributed by atoms with Gasteiger partial charge in [-0.15, -0.1) is 0 Å². The minimum absolute atomic E-state index is 0.215. The van der Waals surface area contributed by atoms with Crippen LogP contribution in [-0.4, -0.2) is 24.4 Å². The SMILES string of the molecule is CC12CCC(C3CC4CC4(C)C3(C)C)(CC1)CO2.CC1=CCC(C23CCC(C)(CC2)OC3)C1(C)C. The summed E-state index contributed by atoms with van der Waals surface area (Å²) in [7, 11) is 0. The van der Waals surface area contributed by atoms with Gasteiger partial charge in [-0.2, -0.15) is 0 Å². The molecule has 8 fully saturated rings. The third-order valence-electron chi connectivity index (χ3n) is 14.3. The van der Waals surface area contributed by atoms with Crippen molar-refractivity contribution < 1.29 is 9.47 Å². The van der Waals surface area contributed by atoms with Crippen LogP contribution in [0, 0.1) is 44.8 Å². The van der Waals surface area contributed by atoms with Crippen LogP contribution in [0.3, 0.4) is 0 Å². The van der Waals surface area contributed by atoms with E-state index in [2.05, 4.69) is 61.5 Å². The van der Waals surface area contributed by atoms with Gasteiger partial charge in [0, 0.05) is 0 Å². The van der Waals surface area contributed by atoms with Crippen LogP contribution in [0.5, 0.6) is 0 Å². The van der Waals surface area contributed by atoms with Crippen molar-refractivity contribution in [3.05, 3.63) is 11.6 Å². The summed E-state index contributed by atoms with van der Waals surface area (Å²) in [4.78, 5) is 0. The minimum atomic E-state index is 0.215. The first-order valence-electron chi connectivity index (χ1n) is 15.1.